The molecule has 10 heteroatoms. The summed E-state index contributed by atoms with van der Waals surface area (Å²) in [6.45, 7) is 8.01. The molecular formula is C18H29N3O5S2. The number of hydrogen-bond donors (Lipinski definition) is 0. The first-order chi connectivity index (χ1) is 12.8. The van der Waals surface area contributed by atoms with Crippen molar-refractivity contribution >= 4 is 26.0 Å². The Morgan fingerprint density at radius 1 is 0.964 bits per heavy atom. The predicted octanol–water partition coefficient (Wildman–Crippen LogP) is 0.645. The Morgan fingerprint density at radius 2 is 1.43 bits per heavy atom. The molecule has 0 bridgehead atoms. The minimum atomic E-state index is -3.67. The monoisotopic (exact) mass is 431 g/mol. The summed E-state index contributed by atoms with van der Waals surface area (Å²) >= 11 is 0. The van der Waals surface area contributed by atoms with Gasteiger partial charge in [-0.15, -0.1) is 0 Å². The van der Waals surface area contributed by atoms with Crippen molar-refractivity contribution in [2.24, 2.45) is 0 Å². The number of hydrogen-bond acceptors (Lipinski definition) is 5. The lowest BCUT2D eigenvalue weighted by molar-refractivity contribution is -0.132. The highest BCUT2D eigenvalue weighted by Gasteiger charge is 2.33. The number of amides is 1. The maximum atomic E-state index is 13.3. The second-order valence-corrected chi connectivity index (χ2v) is 11.4. The first-order valence-electron chi connectivity index (χ1n) is 9.03. The minimum absolute atomic E-state index is 0.183. The highest BCUT2D eigenvalue weighted by atomic mass is 32.2. The van der Waals surface area contributed by atoms with E-state index in [9.17, 15) is 21.6 Å². The van der Waals surface area contributed by atoms with E-state index in [1.54, 1.807) is 0 Å². The van der Waals surface area contributed by atoms with Crippen molar-refractivity contribution in [3.05, 3.63) is 28.3 Å². The molecule has 8 nitrogen and oxygen atoms in total. The molecule has 1 heterocycles. The van der Waals surface area contributed by atoms with Crippen LogP contribution in [0.2, 0.25) is 0 Å². The average molecular weight is 432 g/mol. The Balaban J connectivity index is 2.16. The summed E-state index contributed by atoms with van der Waals surface area (Å²) in [6.07, 6.45) is 1.04. The van der Waals surface area contributed by atoms with E-state index in [4.69, 9.17) is 0 Å². The highest BCUT2D eigenvalue weighted by Crippen LogP contribution is 2.29. The normalized spacial score (nSPS) is 16.6. The molecule has 1 aromatic carbocycles. The first kappa shape index (κ1) is 22.8. The lowest BCUT2D eigenvalue weighted by atomic mass is 10.0. The van der Waals surface area contributed by atoms with Crippen LogP contribution in [-0.4, -0.2) is 82.3 Å². The molecule has 0 saturated carbocycles. The molecule has 2 rings (SSSR count). The quantitative estimate of drug-likeness (QED) is 0.682. The van der Waals surface area contributed by atoms with Crippen LogP contribution >= 0.6 is 0 Å². The summed E-state index contributed by atoms with van der Waals surface area (Å²) in [5, 5.41) is 0. The van der Waals surface area contributed by atoms with Crippen LogP contribution in [0.15, 0.2) is 11.0 Å². The molecule has 1 aromatic rings. The van der Waals surface area contributed by atoms with Gasteiger partial charge in [0.2, 0.25) is 26.0 Å². The number of benzene rings is 1. The number of piperazine rings is 1. The smallest absolute Gasteiger partial charge is 0.243 e. The summed E-state index contributed by atoms with van der Waals surface area (Å²) in [5.74, 6) is -0.330. The maximum absolute atomic E-state index is 13.3. The highest BCUT2D eigenvalue weighted by molar-refractivity contribution is 7.89. The second-order valence-electron chi connectivity index (χ2n) is 7.39. The van der Waals surface area contributed by atoms with E-state index >= 15 is 0 Å². The van der Waals surface area contributed by atoms with Crippen molar-refractivity contribution in [3.8, 4) is 0 Å². The molecule has 0 aromatic heterocycles. The van der Waals surface area contributed by atoms with Crippen molar-refractivity contribution in [1.82, 2.24) is 13.5 Å². The van der Waals surface area contributed by atoms with Gasteiger partial charge < -0.3 is 4.90 Å². The van der Waals surface area contributed by atoms with Crippen LogP contribution in [0.1, 0.15) is 22.3 Å². The van der Waals surface area contributed by atoms with Crippen LogP contribution in [-0.2, 0) is 24.8 Å². The van der Waals surface area contributed by atoms with E-state index in [1.807, 2.05) is 33.8 Å². The molecule has 1 aliphatic rings. The van der Waals surface area contributed by atoms with Crippen LogP contribution in [0.4, 0.5) is 0 Å². The van der Waals surface area contributed by atoms with Crippen molar-refractivity contribution in [1.29, 1.82) is 0 Å². The molecule has 1 saturated heterocycles. The number of rotatable bonds is 5. The molecule has 1 aliphatic heterocycles. The van der Waals surface area contributed by atoms with Crippen LogP contribution in [0.25, 0.3) is 0 Å². The third kappa shape index (κ3) is 4.56. The topological polar surface area (TPSA) is 95.1 Å². The van der Waals surface area contributed by atoms with Gasteiger partial charge in [0.25, 0.3) is 0 Å². The summed E-state index contributed by atoms with van der Waals surface area (Å²) in [7, 11) is -5.77. The Hall–Kier alpha value is -1.49. The first-order valence-corrected chi connectivity index (χ1v) is 12.3. The Morgan fingerprint density at radius 3 is 1.86 bits per heavy atom. The fourth-order valence-corrected chi connectivity index (χ4v) is 5.63. The van der Waals surface area contributed by atoms with Crippen LogP contribution < -0.4 is 0 Å². The number of aryl methyl sites for hydroxylation is 2. The number of nitrogens with zero attached hydrogens (tertiary/aromatic N) is 3. The summed E-state index contributed by atoms with van der Waals surface area (Å²) in [4.78, 5) is 14.2. The van der Waals surface area contributed by atoms with Crippen LogP contribution in [0.5, 0.6) is 0 Å². The Bertz CT molecular complexity index is 953. The van der Waals surface area contributed by atoms with Gasteiger partial charge in [-0.3, -0.25) is 4.79 Å². The van der Waals surface area contributed by atoms with Crippen molar-refractivity contribution < 1.29 is 21.6 Å². The van der Waals surface area contributed by atoms with E-state index < -0.39 is 20.0 Å². The molecule has 158 valence electrons. The summed E-state index contributed by atoms with van der Waals surface area (Å²) in [6, 6.07) is 1.98. The van der Waals surface area contributed by atoms with Gasteiger partial charge in [0.15, 0.2) is 0 Å². The number of sulfonamides is 2. The number of carbonyl (C=O) groups excluding carboxylic acids is 1. The second kappa shape index (κ2) is 8.10. The molecule has 0 radical (unpaired) electrons. The molecule has 0 unspecified atom stereocenters. The fourth-order valence-electron chi connectivity index (χ4n) is 3.28. The lowest BCUT2D eigenvalue weighted by Gasteiger charge is -2.35. The summed E-state index contributed by atoms with van der Waals surface area (Å²) in [5.41, 5.74) is 3.35. The maximum Gasteiger partial charge on any atom is 0.243 e. The van der Waals surface area contributed by atoms with Crippen molar-refractivity contribution in [2.75, 3.05) is 46.0 Å². The zero-order chi connectivity index (χ0) is 21.4. The molecule has 0 aliphatic carbocycles. The molecule has 1 amide bonds. The SMILES string of the molecule is Cc1cc(C)c(C)c(S(=O)(=O)N2CCN(C(=O)CN(C)S(C)(=O)=O)CC2)c1C. The lowest BCUT2D eigenvalue weighted by Crippen LogP contribution is -2.52. The van der Waals surface area contributed by atoms with Gasteiger partial charge >= 0.3 is 0 Å². The number of carbonyl (C=O) groups is 1. The summed E-state index contributed by atoms with van der Waals surface area (Å²) < 4.78 is 51.9. The Labute approximate surface area is 168 Å². The van der Waals surface area contributed by atoms with Crippen LogP contribution in [0, 0.1) is 27.7 Å². The molecule has 1 fully saturated rings. The number of likely N-dealkylation sites (N-methyl/N-ethyl adjacent to an activating group) is 1. The third-order valence-electron chi connectivity index (χ3n) is 5.41. The molecule has 0 N–H and O–H groups in total. The average Bonchev–Trinajstić information content (AvgIpc) is 2.59. The van der Waals surface area contributed by atoms with E-state index in [0.717, 1.165) is 32.8 Å². The van der Waals surface area contributed by atoms with E-state index in [2.05, 4.69) is 0 Å². The van der Waals surface area contributed by atoms with E-state index in [1.165, 1.54) is 16.3 Å². The molecule has 0 spiro atoms. The third-order valence-corrected chi connectivity index (χ3v) is 8.85. The standard InChI is InChI=1S/C18H29N3O5S2/c1-13-11-14(2)16(4)18(15(13)3)28(25,26)21-9-7-20(8-10-21)17(22)12-19(5)27(6,23)24/h11H,7-10,12H2,1-6H3. The van der Waals surface area contributed by atoms with Gasteiger partial charge in [0.05, 0.1) is 17.7 Å². The largest absolute Gasteiger partial charge is 0.339 e. The zero-order valence-corrected chi connectivity index (χ0v) is 18.9. The fraction of sp³-hybridized carbons (Fsp3) is 0.611. The van der Waals surface area contributed by atoms with E-state index in [0.29, 0.717) is 4.90 Å². The van der Waals surface area contributed by atoms with Gasteiger partial charge in [-0.25, -0.2) is 16.8 Å². The van der Waals surface area contributed by atoms with Crippen molar-refractivity contribution in [3.63, 3.8) is 0 Å². The Kier molecular flexibility index (Phi) is 6.59. The predicted molar refractivity (Wildman–Crippen MR) is 108 cm³/mol. The van der Waals surface area contributed by atoms with Crippen LogP contribution in [0.3, 0.4) is 0 Å². The van der Waals surface area contributed by atoms with Gasteiger partial charge in [-0.1, -0.05) is 6.07 Å². The van der Waals surface area contributed by atoms with E-state index in [-0.39, 0.29) is 38.6 Å². The van der Waals surface area contributed by atoms with Gasteiger partial charge in [-0.05, 0) is 49.9 Å². The molecule has 0 atom stereocenters. The zero-order valence-electron chi connectivity index (χ0n) is 17.3. The molecule has 28 heavy (non-hydrogen) atoms. The minimum Gasteiger partial charge on any atom is -0.339 e. The van der Waals surface area contributed by atoms with Crippen molar-refractivity contribution in [2.45, 2.75) is 32.6 Å². The van der Waals surface area contributed by atoms with Gasteiger partial charge in [0, 0.05) is 33.2 Å². The molecular weight excluding hydrogens is 402 g/mol. The van der Waals surface area contributed by atoms with Gasteiger partial charge in [0.1, 0.15) is 0 Å². The van der Waals surface area contributed by atoms with Gasteiger partial charge in [-0.2, -0.15) is 8.61 Å².